The molecule has 1 heterocycles. The molecule has 2 aromatic carbocycles. The fourth-order valence-corrected chi connectivity index (χ4v) is 2.95. The van der Waals surface area contributed by atoms with E-state index in [4.69, 9.17) is 14.2 Å². The predicted molar refractivity (Wildman–Crippen MR) is 110 cm³/mol. The number of carbonyl (C=O) groups excluding carboxylic acids is 1. The van der Waals surface area contributed by atoms with Crippen LogP contribution in [0.4, 0.5) is 18.9 Å². The van der Waals surface area contributed by atoms with Gasteiger partial charge in [0.15, 0.2) is 0 Å². The monoisotopic (exact) mass is 436 g/mol. The lowest BCUT2D eigenvalue weighted by molar-refractivity contribution is -0.137. The van der Waals surface area contributed by atoms with Gasteiger partial charge in [-0.1, -0.05) is 6.07 Å². The number of hydrogen-bond acceptors (Lipinski definition) is 4. The molecule has 1 aromatic heterocycles. The van der Waals surface area contributed by atoms with Crippen molar-refractivity contribution in [2.75, 3.05) is 38.9 Å². The highest BCUT2D eigenvalue weighted by molar-refractivity contribution is 6.02. The first kappa shape index (κ1) is 22.6. The van der Waals surface area contributed by atoms with Gasteiger partial charge in [-0.05, 0) is 42.0 Å². The van der Waals surface area contributed by atoms with Gasteiger partial charge in [0.1, 0.15) is 12.4 Å². The van der Waals surface area contributed by atoms with Crippen LogP contribution in [-0.4, -0.2) is 44.4 Å². The minimum Gasteiger partial charge on any atom is -0.493 e. The van der Waals surface area contributed by atoms with E-state index in [0.29, 0.717) is 37.7 Å². The number of nitrogens with one attached hydrogen (secondary N) is 2. The molecule has 0 fully saturated rings. The van der Waals surface area contributed by atoms with Crippen LogP contribution < -0.4 is 10.1 Å². The highest BCUT2D eigenvalue weighted by Crippen LogP contribution is 2.30. The Hall–Kier alpha value is -3.04. The summed E-state index contributed by atoms with van der Waals surface area (Å²) in [4.78, 5) is 15.1. The van der Waals surface area contributed by atoms with Crippen LogP contribution in [0.25, 0.3) is 10.9 Å². The second-order valence-corrected chi connectivity index (χ2v) is 6.80. The summed E-state index contributed by atoms with van der Waals surface area (Å²) in [5, 5.41) is 3.65. The van der Waals surface area contributed by atoms with Crippen molar-refractivity contribution in [1.82, 2.24) is 4.98 Å². The Morgan fingerprint density at radius 2 is 1.84 bits per heavy atom. The maximum Gasteiger partial charge on any atom is 0.416 e. The number of aromatic amines is 1. The Bertz CT molecular complexity index is 1000. The van der Waals surface area contributed by atoms with E-state index in [1.807, 2.05) is 18.2 Å². The van der Waals surface area contributed by atoms with Crippen molar-refractivity contribution in [3.8, 4) is 5.75 Å². The fourth-order valence-electron chi connectivity index (χ4n) is 2.95. The van der Waals surface area contributed by atoms with Gasteiger partial charge in [0.05, 0.1) is 31.1 Å². The molecule has 0 spiro atoms. The largest absolute Gasteiger partial charge is 0.493 e. The molecule has 0 atom stereocenters. The first-order chi connectivity index (χ1) is 14.9. The first-order valence-electron chi connectivity index (χ1n) is 9.63. The molecule has 0 aliphatic carbocycles. The molecule has 2 N–H and O–H groups in total. The lowest BCUT2D eigenvalue weighted by Crippen LogP contribution is -2.19. The standard InChI is InChI=1S/C22H23F3N2O4/c1-29-10-11-30-14-21(28)27-20-13-26-19-7-2-15(12-18(19)20)8-9-31-17-5-3-16(4-6-17)22(23,24)25/h2-7,12-13,26H,8-11,14H2,1H3,(H,27,28). The molecular weight excluding hydrogens is 413 g/mol. The molecule has 0 aliphatic rings. The maximum absolute atomic E-state index is 12.6. The quantitative estimate of drug-likeness (QED) is 0.462. The van der Waals surface area contributed by atoms with Gasteiger partial charge >= 0.3 is 6.18 Å². The van der Waals surface area contributed by atoms with Crippen LogP contribution in [0.2, 0.25) is 0 Å². The average molecular weight is 436 g/mol. The van der Waals surface area contributed by atoms with Gasteiger partial charge in [0.25, 0.3) is 0 Å². The zero-order valence-electron chi connectivity index (χ0n) is 16.9. The summed E-state index contributed by atoms with van der Waals surface area (Å²) in [6.07, 6.45) is -2.11. The number of hydrogen-bond donors (Lipinski definition) is 2. The second-order valence-electron chi connectivity index (χ2n) is 6.80. The van der Waals surface area contributed by atoms with E-state index >= 15 is 0 Å². The third kappa shape index (κ3) is 6.47. The average Bonchev–Trinajstić information content (AvgIpc) is 3.13. The molecule has 0 unspecified atom stereocenters. The minimum absolute atomic E-state index is 0.0727. The number of carbonyl (C=O) groups is 1. The number of anilines is 1. The Balaban J connectivity index is 1.55. The molecule has 166 valence electrons. The smallest absolute Gasteiger partial charge is 0.416 e. The number of alkyl halides is 3. The molecule has 0 aliphatic heterocycles. The summed E-state index contributed by atoms with van der Waals surface area (Å²) < 4.78 is 53.5. The van der Waals surface area contributed by atoms with E-state index in [1.54, 1.807) is 13.3 Å². The first-order valence-corrected chi connectivity index (χ1v) is 9.63. The van der Waals surface area contributed by atoms with Crippen LogP contribution >= 0.6 is 0 Å². The molecule has 31 heavy (non-hydrogen) atoms. The number of benzene rings is 2. The number of fused-ring (bicyclic) bond motifs is 1. The maximum atomic E-state index is 12.6. The number of rotatable bonds is 10. The Kier molecular flexibility index (Phi) is 7.54. The van der Waals surface area contributed by atoms with Gasteiger partial charge in [-0.3, -0.25) is 4.79 Å². The van der Waals surface area contributed by atoms with Crippen molar-refractivity contribution < 1.29 is 32.2 Å². The van der Waals surface area contributed by atoms with Crippen LogP contribution in [0.15, 0.2) is 48.7 Å². The number of halogens is 3. The highest BCUT2D eigenvalue weighted by Gasteiger charge is 2.30. The van der Waals surface area contributed by atoms with Gasteiger partial charge in [0.2, 0.25) is 5.91 Å². The van der Waals surface area contributed by atoms with Gasteiger partial charge < -0.3 is 24.5 Å². The minimum atomic E-state index is -4.37. The van der Waals surface area contributed by atoms with E-state index in [9.17, 15) is 18.0 Å². The molecule has 9 heteroatoms. The van der Waals surface area contributed by atoms with Gasteiger partial charge in [-0.25, -0.2) is 0 Å². The number of H-pyrrole nitrogens is 1. The van der Waals surface area contributed by atoms with E-state index < -0.39 is 11.7 Å². The molecule has 6 nitrogen and oxygen atoms in total. The van der Waals surface area contributed by atoms with Crippen molar-refractivity contribution in [3.05, 3.63) is 59.8 Å². The molecule has 3 aromatic rings. The molecule has 0 bridgehead atoms. The predicted octanol–water partition coefficient (Wildman–Crippen LogP) is 4.41. The van der Waals surface area contributed by atoms with Crippen LogP contribution in [0.1, 0.15) is 11.1 Å². The summed E-state index contributed by atoms with van der Waals surface area (Å²) in [5.41, 5.74) is 1.76. The van der Waals surface area contributed by atoms with Crippen molar-refractivity contribution in [1.29, 1.82) is 0 Å². The van der Waals surface area contributed by atoms with Gasteiger partial charge in [0, 0.05) is 30.6 Å². The van der Waals surface area contributed by atoms with E-state index in [1.165, 1.54) is 12.1 Å². The van der Waals surface area contributed by atoms with Crippen molar-refractivity contribution in [2.45, 2.75) is 12.6 Å². The van der Waals surface area contributed by atoms with Crippen LogP contribution in [0, 0.1) is 0 Å². The number of methoxy groups -OCH3 is 1. The Morgan fingerprint density at radius 3 is 2.55 bits per heavy atom. The summed E-state index contributed by atoms with van der Waals surface area (Å²) >= 11 is 0. The van der Waals surface area contributed by atoms with Crippen LogP contribution in [0.5, 0.6) is 5.75 Å². The number of ether oxygens (including phenoxy) is 3. The summed E-state index contributed by atoms with van der Waals surface area (Å²) in [7, 11) is 1.56. The normalized spacial score (nSPS) is 11.6. The number of aromatic nitrogens is 1. The third-order valence-electron chi connectivity index (χ3n) is 4.53. The van der Waals surface area contributed by atoms with E-state index in [2.05, 4.69) is 10.3 Å². The van der Waals surface area contributed by atoms with Crippen molar-refractivity contribution in [2.24, 2.45) is 0 Å². The molecule has 0 saturated carbocycles. The summed E-state index contributed by atoms with van der Waals surface area (Å²) in [6.45, 7) is 0.978. The summed E-state index contributed by atoms with van der Waals surface area (Å²) in [6, 6.07) is 10.4. The van der Waals surface area contributed by atoms with Crippen LogP contribution in [-0.2, 0) is 26.9 Å². The second kappa shape index (κ2) is 10.3. The van der Waals surface area contributed by atoms with Crippen molar-refractivity contribution in [3.63, 3.8) is 0 Å². The highest BCUT2D eigenvalue weighted by atomic mass is 19.4. The molecule has 1 amide bonds. The Labute approximate surface area is 177 Å². The molecule has 0 radical (unpaired) electrons. The van der Waals surface area contributed by atoms with Gasteiger partial charge in [-0.2, -0.15) is 13.2 Å². The van der Waals surface area contributed by atoms with Crippen molar-refractivity contribution >= 4 is 22.5 Å². The molecular formula is C22H23F3N2O4. The van der Waals surface area contributed by atoms with E-state index in [0.717, 1.165) is 28.6 Å². The lowest BCUT2D eigenvalue weighted by atomic mass is 10.1. The van der Waals surface area contributed by atoms with Gasteiger partial charge in [-0.15, -0.1) is 0 Å². The topological polar surface area (TPSA) is 72.6 Å². The Morgan fingerprint density at radius 1 is 1.06 bits per heavy atom. The zero-order chi connectivity index (χ0) is 22.3. The SMILES string of the molecule is COCCOCC(=O)Nc1c[nH]c2ccc(CCOc3ccc(C(F)(F)F)cc3)cc12. The van der Waals surface area contributed by atoms with Crippen LogP contribution in [0.3, 0.4) is 0 Å². The van der Waals surface area contributed by atoms with E-state index in [-0.39, 0.29) is 12.5 Å². The fraction of sp³-hybridized carbons (Fsp3) is 0.318. The lowest BCUT2D eigenvalue weighted by Gasteiger charge is -2.09. The third-order valence-corrected chi connectivity index (χ3v) is 4.53. The summed E-state index contributed by atoms with van der Waals surface area (Å²) in [5.74, 6) is 0.102. The zero-order valence-corrected chi connectivity index (χ0v) is 16.9. The number of amides is 1. The molecule has 0 saturated heterocycles. The molecule has 3 rings (SSSR count).